The molecular formula is C21H30N2O2. The summed E-state index contributed by atoms with van der Waals surface area (Å²) in [6, 6.07) is 10.8. The number of benzene rings is 1. The van der Waals surface area contributed by atoms with E-state index in [0.29, 0.717) is 12.5 Å². The molecule has 1 amide bonds. The Labute approximate surface area is 150 Å². The third-order valence-corrected chi connectivity index (χ3v) is 6.68. The highest BCUT2D eigenvalue weighted by Crippen LogP contribution is 2.40. The molecular weight excluding hydrogens is 312 g/mol. The molecule has 0 spiro atoms. The quantitative estimate of drug-likeness (QED) is 0.901. The molecule has 5 rings (SSSR count). The number of fused-ring (bicyclic) bond motifs is 3. The molecule has 0 aromatic heterocycles. The fraction of sp³-hybridized carbons (Fsp3) is 0.667. The number of amides is 1. The van der Waals surface area contributed by atoms with E-state index in [2.05, 4.69) is 40.5 Å². The fourth-order valence-electron chi connectivity index (χ4n) is 4.93. The molecule has 1 N–H and O–H groups in total. The first-order chi connectivity index (χ1) is 12.2. The molecule has 2 atom stereocenters. The number of carbonyl (C=O) groups excluding carboxylic acids is 1. The zero-order valence-corrected chi connectivity index (χ0v) is 15.1. The van der Waals surface area contributed by atoms with E-state index < -0.39 is 0 Å². The van der Waals surface area contributed by atoms with E-state index in [1.165, 1.54) is 57.3 Å². The summed E-state index contributed by atoms with van der Waals surface area (Å²) >= 11 is 0. The number of rotatable bonds is 4. The first-order valence-electron chi connectivity index (χ1n) is 9.95. The number of ether oxygens (including phenoxy) is 1. The van der Waals surface area contributed by atoms with Crippen LogP contribution in [0.1, 0.15) is 56.4 Å². The normalized spacial score (nSPS) is 34.5. The van der Waals surface area contributed by atoms with E-state index in [0.717, 1.165) is 12.8 Å². The van der Waals surface area contributed by atoms with Crippen LogP contribution < -0.4 is 5.32 Å². The van der Waals surface area contributed by atoms with Gasteiger partial charge in [0.2, 0.25) is 0 Å². The molecule has 2 bridgehead atoms. The Morgan fingerprint density at radius 1 is 1.08 bits per heavy atom. The number of carbonyl (C=O) groups is 1. The van der Waals surface area contributed by atoms with Crippen molar-refractivity contribution in [3.63, 3.8) is 0 Å². The summed E-state index contributed by atoms with van der Waals surface area (Å²) in [6.45, 7) is 4.10. The van der Waals surface area contributed by atoms with E-state index in [-0.39, 0.29) is 17.6 Å². The number of hydrogen-bond donors (Lipinski definition) is 1. The summed E-state index contributed by atoms with van der Waals surface area (Å²) in [4.78, 5) is 15.0. The lowest BCUT2D eigenvalue weighted by atomic mass is 9.73. The highest BCUT2D eigenvalue weighted by Gasteiger charge is 2.40. The highest BCUT2D eigenvalue weighted by atomic mass is 16.5. The molecule has 3 saturated heterocycles. The zero-order chi connectivity index (χ0) is 17.1. The molecule has 3 heterocycles. The van der Waals surface area contributed by atoms with Crippen LogP contribution in [0.15, 0.2) is 30.3 Å². The van der Waals surface area contributed by atoms with Crippen LogP contribution in [0.2, 0.25) is 0 Å². The van der Waals surface area contributed by atoms with Crippen molar-refractivity contribution >= 4 is 6.09 Å². The smallest absolute Gasteiger partial charge is 0.407 e. The Bertz CT molecular complexity index is 567. The van der Waals surface area contributed by atoms with Crippen molar-refractivity contribution < 1.29 is 9.53 Å². The van der Waals surface area contributed by atoms with Gasteiger partial charge in [0.05, 0.1) is 6.61 Å². The summed E-state index contributed by atoms with van der Waals surface area (Å²) in [5, 5.41) is 3.19. The second kappa shape index (κ2) is 7.36. The number of alkyl carbamates (subject to hydrolysis) is 1. The monoisotopic (exact) mass is 342 g/mol. The Morgan fingerprint density at radius 3 is 2.48 bits per heavy atom. The average molecular weight is 342 g/mol. The largest absolute Gasteiger partial charge is 0.449 e. The molecule has 136 valence electrons. The topological polar surface area (TPSA) is 41.6 Å². The molecule has 1 aromatic rings. The van der Waals surface area contributed by atoms with Gasteiger partial charge in [0.25, 0.3) is 0 Å². The summed E-state index contributed by atoms with van der Waals surface area (Å²) in [5.74, 6) is 0.415. The minimum Gasteiger partial charge on any atom is -0.449 e. The number of hydrogen-bond acceptors (Lipinski definition) is 3. The lowest BCUT2D eigenvalue weighted by molar-refractivity contribution is -0.0222. The highest BCUT2D eigenvalue weighted by molar-refractivity contribution is 5.67. The van der Waals surface area contributed by atoms with E-state index in [4.69, 9.17) is 4.74 Å². The third kappa shape index (κ3) is 3.84. The van der Waals surface area contributed by atoms with Crippen molar-refractivity contribution in [2.45, 2.75) is 56.9 Å². The Hall–Kier alpha value is -1.55. The van der Waals surface area contributed by atoms with E-state index >= 15 is 0 Å². The number of nitrogens with one attached hydrogen (secondary N) is 1. The average Bonchev–Trinajstić information content (AvgIpc) is 2.69. The van der Waals surface area contributed by atoms with Gasteiger partial charge in [-0.3, -0.25) is 0 Å². The SMILES string of the molecule is O=C(N[C@@H]1CCCC[C@H]1c1ccccc1)OCC12CCN(CC1)CC2. The molecule has 4 nitrogen and oxygen atoms in total. The van der Waals surface area contributed by atoms with Crippen LogP contribution >= 0.6 is 0 Å². The Morgan fingerprint density at radius 2 is 1.76 bits per heavy atom. The molecule has 0 unspecified atom stereocenters. The fourth-order valence-corrected chi connectivity index (χ4v) is 4.93. The molecule has 25 heavy (non-hydrogen) atoms. The second-order valence-corrected chi connectivity index (χ2v) is 8.22. The zero-order valence-electron chi connectivity index (χ0n) is 15.1. The first-order valence-corrected chi connectivity index (χ1v) is 9.95. The Kier molecular flexibility index (Phi) is 4.98. The maximum Gasteiger partial charge on any atom is 0.407 e. The molecule has 1 aliphatic carbocycles. The maximum absolute atomic E-state index is 12.5. The van der Waals surface area contributed by atoms with E-state index in [1.54, 1.807) is 0 Å². The molecule has 4 aliphatic rings. The molecule has 1 aromatic carbocycles. The first kappa shape index (κ1) is 16.9. The molecule has 1 saturated carbocycles. The molecule has 4 fully saturated rings. The molecule has 3 aliphatic heterocycles. The lowest BCUT2D eigenvalue weighted by Crippen LogP contribution is -2.51. The van der Waals surface area contributed by atoms with Gasteiger partial charge < -0.3 is 15.0 Å². The van der Waals surface area contributed by atoms with Crippen LogP contribution in [0.5, 0.6) is 0 Å². The van der Waals surface area contributed by atoms with Crippen LogP contribution in [0, 0.1) is 5.41 Å². The standard InChI is InChI=1S/C21H30N2O2/c24-20(25-16-21-10-13-23(14-11-21)15-12-21)22-19-9-5-4-8-18(19)17-6-2-1-3-7-17/h1-3,6-7,18-19H,4-5,8-16H2,(H,22,24)/t18-,19+/m0/s1. The van der Waals surface area contributed by atoms with Crippen LogP contribution in [-0.2, 0) is 4.74 Å². The van der Waals surface area contributed by atoms with E-state index in [1.807, 2.05) is 0 Å². The van der Waals surface area contributed by atoms with Crippen molar-refractivity contribution in [1.82, 2.24) is 10.2 Å². The van der Waals surface area contributed by atoms with Gasteiger partial charge in [-0.2, -0.15) is 0 Å². The van der Waals surface area contributed by atoms with Gasteiger partial charge in [-0.15, -0.1) is 0 Å². The van der Waals surface area contributed by atoms with Crippen molar-refractivity contribution in [2.75, 3.05) is 26.2 Å². The predicted octanol–water partition coefficient (Wildman–Crippen LogP) is 3.92. The summed E-state index contributed by atoms with van der Waals surface area (Å²) in [6.07, 6.45) is 7.95. The summed E-state index contributed by atoms with van der Waals surface area (Å²) in [5.41, 5.74) is 1.59. The van der Waals surface area contributed by atoms with Gasteiger partial charge >= 0.3 is 6.09 Å². The van der Waals surface area contributed by atoms with Crippen molar-refractivity contribution in [1.29, 1.82) is 0 Å². The number of nitrogens with zero attached hydrogens (tertiary/aromatic N) is 1. The van der Waals surface area contributed by atoms with Crippen LogP contribution in [0.3, 0.4) is 0 Å². The summed E-state index contributed by atoms with van der Waals surface area (Å²) in [7, 11) is 0. The molecule has 4 heteroatoms. The lowest BCUT2D eigenvalue weighted by Gasteiger charge is -2.47. The van der Waals surface area contributed by atoms with Crippen molar-refractivity contribution in [3.8, 4) is 0 Å². The second-order valence-electron chi connectivity index (χ2n) is 8.22. The van der Waals surface area contributed by atoms with Crippen LogP contribution in [-0.4, -0.2) is 43.3 Å². The van der Waals surface area contributed by atoms with Crippen LogP contribution in [0.4, 0.5) is 4.79 Å². The Balaban J connectivity index is 1.33. The number of piperidine rings is 3. The minimum atomic E-state index is -0.213. The molecule has 0 radical (unpaired) electrons. The van der Waals surface area contributed by atoms with Gasteiger partial charge in [0, 0.05) is 17.4 Å². The van der Waals surface area contributed by atoms with Crippen LogP contribution in [0.25, 0.3) is 0 Å². The van der Waals surface area contributed by atoms with Gasteiger partial charge in [-0.05, 0) is 57.3 Å². The van der Waals surface area contributed by atoms with Gasteiger partial charge in [0.1, 0.15) is 0 Å². The predicted molar refractivity (Wildman–Crippen MR) is 98.6 cm³/mol. The van der Waals surface area contributed by atoms with Gasteiger partial charge in [0.15, 0.2) is 0 Å². The maximum atomic E-state index is 12.5. The summed E-state index contributed by atoms with van der Waals surface area (Å²) < 4.78 is 5.72. The van der Waals surface area contributed by atoms with E-state index in [9.17, 15) is 4.79 Å². The van der Waals surface area contributed by atoms with Crippen molar-refractivity contribution in [3.05, 3.63) is 35.9 Å². The third-order valence-electron chi connectivity index (χ3n) is 6.68. The van der Waals surface area contributed by atoms with Gasteiger partial charge in [-0.25, -0.2) is 4.79 Å². The minimum absolute atomic E-state index is 0.203. The van der Waals surface area contributed by atoms with Crippen molar-refractivity contribution in [2.24, 2.45) is 5.41 Å². The van der Waals surface area contributed by atoms with Gasteiger partial charge in [-0.1, -0.05) is 43.2 Å².